The van der Waals surface area contributed by atoms with E-state index in [-0.39, 0.29) is 18.6 Å². The fourth-order valence-electron chi connectivity index (χ4n) is 2.03. The highest BCUT2D eigenvalue weighted by atomic mass is 32.2. The van der Waals surface area contributed by atoms with Gasteiger partial charge >= 0.3 is 0 Å². The van der Waals surface area contributed by atoms with Gasteiger partial charge in [0.1, 0.15) is 4.75 Å². The summed E-state index contributed by atoms with van der Waals surface area (Å²) in [4.78, 5) is 23.3. The Bertz CT molecular complexity index is 535. The first-order valence-corrected chi connectivity index (χ1v) is 6.55. The predicted octanol–water partition coefficient (Wildman–Crippen LogP) is 1.29. The van der Waals surface area contributed by atoms with Gasteiger partial charge in [0.25, 0.3) is 0 Å². The third-order valence-corrected chi connectivity index (χ3v) is 4.15. The normalized spacial score (nSPS) is 25.2. The smallest absolute Gasteiger partial charge is 0.177 e. The van der Waals surface area contributed by atoms with Crippen LogP contribution >= 0.6 is 0 Å². The summed E-state index contributed by atoms with van der Waals surface area (Å²) in [6, 6.07) is 8.93. The third kappa shape index (κ3) is 2.32. The second kappa shape index (κ2) is 4.96. The maximum absolute atomic E-state index is 11.9. The summed E-state index contributed by atoms with van der Waals surface area (Å²) in [5.41, 5.74) is 0.761. The van der Waals surface area contributed by atoms with Gasteiger partial charge in [-0.15, -0.1) is 0 Å². The van der Waals surface area contributed by atoms with Gasteiger partial charge in [0, 0.05) is 6.42 Å². The molecule has 0 saturated heterocycles. The van der Waals surface area contributed by atoms with Gasteiger partial charge in [-0.2, -0.15) is 0 Å². The van der Waals surface area contributed by atoms with Gasteiger partial charge in [-0.05, 0) is 24.1 Å². The van der Waals surface area contributed by atoms with Crippen molar-refractivity contribution in [3.63, 3.8) is 0 Å². The van der Waals surface area contributed by atoms with Gasteiger partial charge in [-0.1, -0.05) is 30.3 Å². The van der Waals surface area contributed by atoms with Gasteiger partial charge in [0.2, 0.25) is 0 Å². The molecule has 1 N–H and O–H groups in total. The van der Waals surface area contributed by atoms with Gasteiger partial charge in [-0.3, -0.25) is 9.59 Å². The summed E-state index contributed by atoms with van der Waals surface area (Å²) in [6.45, 7) is 0. The molecule has 0 spiro atoms. The van der Waals surface area contributed by atoms with Crippen LogP contribution in [0.4, 0.5) is 0 Å². The van der Waals surface area contributed by atoms with Crippen molar-refractivity contribution in [2.75, 3.05) is 0 Å². The Morgan fingerprint density at radius 3 is 2.44 bits per heavy atom. The van der Waals surface area contributed by atoms with E-state index in [1.807, 2.05) is 6.07 Å². The van der Waals surface area contributed by atoms with E-state index in [1.54, 1.807) is 24.3 Å². The van der Waals surface area contributed by atoms with Crippen LogP contribution in [0.3, 0.4) is 0 Å². The van der Waals surface area contributed by atoms with E-state index in [1.165, 1.54) is 6.08 Å². The first kappa shape index (κ1) is 12.9. The van der Waals surface area contributed by atoms with Crippen LogP contribution in [0.5, 0.6) is 0 Å². The van der Waals surface area contributed by atoms with Crippen LogP contribution < -0.4 is 0 Å². The molecule has 0 bridgehead atoms. The van der Waals surface area contributed by atoms with Crippen molar-refractivity contribution in [3.05, 3.63) is 48.0 Å². The van der Waals surface area contributed by atoms with Crippen LogP contribution in [0.2, 0.25) is 0 Å². The quantitative estimate of drug-likeness (QED) is 0.835. The lowest BCUT2D eigenvalue weighted by Crippen LogP contribution is -2.47. The summed E-state index contributed by atoms with van der Waals surface area (Å²) in [5.74, 6) is -0.764. The SMILES string of the molecule is O=C1C=CC(=O)C(Cc2ccccc2)(S(=O)O)C1. The Morgan fingerprint density at radius 2 is 1.83 bits per heavy atom. The first-order valence-electron chi connectivity index (χ1n) is 5.45. The Hall–Kier alpha value is -1.59. The predicted molar refractivity (Wildman–Crippen MR) is 67.4 cm³/mol. The average Bonchev–Trinajstić information content (AvgIpc) is 2.35. The number of allylic oxidation sites excluding steroid dienone is 2. The Kier molecular flexibility index (Phi) is 3.54. The van der Waals surface area contributed by atoms with Crippen molar-refractivity contribution in [2.45, 2.75) is 17.6 Å². The van der Waals surface area contributed by atoms with E-state index in [4.69, 9.17) is 0 Å². The van der Waals surface area contributed by atoms with Gasteiger partial charge < -0.3 is 4.55 Å². The fourth-order valence-corrected chi connectivity index (χ4v) is 2.83. The number of ketones is 2. The maximum atomic E-state index is 11.9. The fraction of sp³-hybridized carbons (Fsp3) is 0.231. The highest BCUT2D eigenvalue weighted by Crippen LogP contribution is 2.29. The minimum atomic E-state index is -2.38. The largest absolute Gasteiger partial charge is 0.305 e. The molecule has 0 radical (unpaired) electrons. The van der Waals surface area contributed by atoms with Crippen LogP contribution in [0.15, 0.2) is 42.5 Å². The summed E-state index contributed by atoms with van der Waals surface area (Å²) in [7, 11) is 0. The van der Waals surface area contributed by atoms with Crippen molar-refractivity contribution in [2.24, 2.45) is 0 Å². The number of carbonyl (C=O) groups is 2. The maximum Gasteiger partial charge on any atom is 0.177 e. The molecule has 0 aromatic heterocycles. The molecule has 0 saturated carbocycles. The van der Waals surface area contributed by atoms with Crippen LogP contribution in [0.25, 0.3) is 0 Å². The summed E-state index contributed by atoms with van der Waals surface area (Å²) >= 11 is -2.38. The molecular weight excluding hydrogens is 252 g/mol. The number of carbonyl (C=O) groups excluding carboxylic acids is 2. The van der Waals surface area contributed by atoms with Crippen LogP contribution in [-0.4, -0.2) is 25.1 Å². The third-order valence-electron chi connectivity index (χ3n) is 3.00. The molecule has 0 fully saturated rings. The van der Waals surface area contributed by atoms with Crippen molar-refractivity contribution in [1.29, 1.82) is 0 Å². The van der Waals surface area contributed by atoms with Crippen LogP contribution in [0.1, 0.15) is 12.0 Å². The molecule has 4 nitrogen and oxygen atoms in total. The highest BCUT2D eigenvalue weighted by Gasteiger charge is 2.46. The second-order valence-electron chi connectivity index (χ2n) is 4.25. The lowest BCUT2D eigenvalue weighted by Gasteiger charge is -2.28. The molecule has 5 heteroatoms. The Labute approximate surface area is 107 Å². The molecule has 1 aliphatic rings. The second-order valence-corrected chi connectivity index (χ2v) is 5.53. The van der Waals surface area contributed by atoms with Gasteiger partial charge in [0.15, 0.2) is 22.6 Å². The number of hydrogen-bond acceptors (Lipinski definition) is 3. The molecule has 1 aromatic carbocycles. The minimum absolute atomic E-state index is 0.0892. The van der Waals surface area contributed by atoms with E-state index < -0.39 is 21.6 Å². The molecule has 0 aliphatic heterocycles. The average molecular weight is 264 g/mol. The Morgan fingerprint density at radius 1 is 1.17 bits per heavy atom. The first-order chi connectivity index (χ1) is 8.54. The van der Waals surface area contributed by atoms with Gasteiger partial charge in [0.05, 0.1) is 0 Å². The minimum Gasteiger partial charge on any atom is -0.305 e. The summed E-state index contributed by atoms with van der Waals surface area (Å²) in [6.07, 6.45) is 2.13. The molecule has 1 aromatic rings. The van der Waals surface area contributed by atoms with Crippen molar-refractivity contribution < 1.29 is 18.4 Å². The zero-order valence-electron chi connectivity index (χ0n) is 9.54. The number of benzene rings is 1. The standard InChI is InChI=1S/C13H12O4S/c14-11-6-7-12(15)13(9-11,18(16)17)8-10-4-2-1-3-5-10/h1-7H,8-9H2,(H,16,17). The lowest BCUT2D eigenvalue weighted by molar-refractivity contribution is -0.123. The molecule has 94 valence electrons. The molecule has 2 atom stereocenters. The zero-order chi connectivity index (χ0) is 13.2. The van der Waals surface area contributed by atoms with Crippen molar-refractivity contribution in [1.82, 2.24) is 0 Å². The summed E-state index contributed by atoms with van der Waals surface area (Å²) < 4.78 is 19.4. The molecular formula is C13H12O4S. The molecule has 18 heavy (non-hydrogen) atoms. The highest BCUT2D eigenvalue weighted by molar-refractivity contribution is 7.81. The monoisotopic (exact) mass is 264 g/mol. The van der Waals surface area contributed by atoms with Crippen LogP contribution in [0, 0.1) is 0 Å². The van der Waals surface area contributed by atoms with Crippen molar-refractivity contribution >= 4 is 22.6 Å². The molecule has 0 amide bonds. The van der Waals surface area contributed by atoms with Crippen LogP contribution in [-0.2, 0) is 27.1 Å². The topological polar surface area (TPSA) is 71.4 Å². The molecule has 1 aliphatic carbocycles. The lowest BCUT2D eigenvalue weighted by atomic mass is 9.86. The van der Waals surface area contributed by atoms with Gasteiger partial charge in [-0.25, -0.2) is 4.21 Å². The Balaban J connectivity index is 2.39. The van der Waals surface area contributed by atoms with E-state index in [0.717, 1.165) is 11.6 Å². The van der Waals surface area contributed by atoms with E-state index in [0.29, 0.717) is 0 Å². The molecule has 2 unspecified atom stereocenters. The van der Waals surface area contributed by atoms with Crippen molar-refractivity contribution in [3.8, 4) is 0 Å². The number of hydrogen-bond donors (Lipinski definition) is 1. The van der Waals surface area contributed by atoms with E-state index in [9.17, 15) is 18.4 Å². The zero-order valence-corrected chi connectivity index (χ0v) is 10.4. The van der Waals surface area contributed by atoms with E-state index >= 15 is 0 Å². The molecule has 0 heterocycles. The molecule has 2 rings (SSSR count). The summed E-state index contributed by atoms with van der Waals surface area (Å²) in [5, 5.41) is 0. The van der Waals surface area contributed by atoms with E-state index in [2.05, 4.69) is 0 Å². The number of rotatable bonds is 3.